The number of pyridine rings is 2. The highest BCUT2D eigenvalue weighted by molar-refractivity contribution is 6.17. The average molecular weight is 373 g/mol. The number of hydrogen-bond donors (Lipinski definition) is 1. The lowest BCUT2D eigenvalue weighted by molar-refractivity contribution is 0.281. The molecular weight excluding hydrogens is 355 g/mol. The largest absolute Gasteiger partial charge is 0.392 e. The molecule has 4 aromatic rings. The van der Waals surface area contributed by atoms with E-state index in [0.29, 0.717) is 5.88 Å². The second-order valence-corrected chi connectivity index (χ2v) is 5.63. The number of aromatic nitrogens is 2. The molecule has 2 aromatic carbocycles. The van der Waals surface area contributed by atoms with E-state index in [9.17, 15) is 0 Å². The van der Waals surface area contributed by atoms with Gasteiger partial charge in [-0.25, -0.2) is 0 Å². The predicted molar refractivity (Wildman–Crippen MR) is 106 cm³/mol. The van der Waals surface area contributed by atoms with Crippen LogP contribution >= 0.6 is 24.0 Å². The lowest BCUT2D eigenvalue weighted by Gasteiger charge is -1.98. The molecule has 2 aromatic heterocycles. The first-order chi connectivity index (χ1) is 11.8. The van der Waals surface area contributed by atoms with Gasteiger partial charge in [-0.1, -0.05) is 36.4 Å². The molecule has 0 aliphatic heterocycles. The standard InChI is InChI=1S/C10H8ClN.C10H9NO.ClH/c11-6-8-5-9-3-1-2-4-10(9)12-7-8;12-7-8-5-9-3-1-2-4-10(9)11-6-8;/h1-5,7H,6H2;1-6,12H,7H2;1H. The molecule has 0 spiro atoms. The summed E-state index contributed by atoms with van der Waals surface area (Å²) in [6.07, 6.45) is 3.51. The Morgan fingerprint density at radius 1 is 0.760 bits per heavy atom. The third kappa shape index (κ3) is 4.89. The molecule has 2 heterocycles. The molecule has 0 unspecified atom stereocenters. The number of fused-ring (bicyclic) bond motifs is 2. The number of nitrogens with zero attached hydrogens (tertiary/aromatic N) is 2. The van der Waals surface area contributed by atoms with Crippen molar-refractivity contribution < 1.29 is 5.11 Å². The molecule has 0 aliphatic rings. The van der Waals surface area contributed by atoms with E-state index in [2.05, 4.69) is 16.0 Å². The molecule has 25 heavy (non-hydrogen) atoms. The molecule has 5 heteroatoms. The summed E-state index contributed by atoms with van der Waals surface area (Å²) < 4.78 is 0. The maximum absolute atomic E-state index is 8.86. The number of benzene rings is 2. The summed E-state index contributed by atoms with van der Waals surface area (Å²) in [7, 11) is 0. The molecule has 0 atom stereocenters. The quantitative estimate of drug-likeness (QED) is 0.496. The monoisotopic (exact) mass is 372 g/mol. The van der Waals surface area contributed by atoms with Gasteiger partial charge >= 0.3 is 0 Å². The minimum atomic E-state index is 0. The topological polar surface area (TPSA) is 46.0 Å². The molecule has 0 aliphatic carbocycles. The van der Waals surface area contributed by atoms with Gasteiger partial charge in [0, 0.05) is 29.0 Å². The van der Waals surface area contributed by atoms with E-state index in [4.69, 9.17) is 16.7 Å². The Balaban J connectivity index is 0.000000173. The van der Waals surface area contributed by atoms with Gasteiger partial charge in [-0.05, 0) is 35.4 Å². The van der Waals surface area contributed by atoms with Gasteiger partial charge in [0.25, 0.3) is 0 Å². The second kappa shape index (κ2) is 9.33. The zero-order valence-electron chi connectivity index (χ0n) is 13.5. The fourth-order valence-electron chi connectivity index (χ4n) is 2.39. The van der Waals surface area contributed by atoms with Gasteiger partial charge in [0.05, 0.1) is 17.6 Å². The molecule has 0 radical (unpaired) electrons. The van der Waals surface area contributed by atoms with E-state index in [0.717, 1.165) is 32.9 Å². The van der Waals surface area contributed by atoms with E-state index in [1.807, 2.05) is 60.8 Å². The minimum absolute atomic E-state index is 0. The zero-order valence-corrected chi connectivity index (χ0v) is 15.0. The van der Waals surface area contributed by atoms with E-state index in [1.165, 1.54) is 0 Å². The highest BCUT2D eigenvalue weighted by Crippen LogP contribution is 2.13. The molecule has 1 N–H and O–H groups in total. The summed E-state index contributed by atoms with van der Waals surface area (Å²) >= 11 is 5.69. The Kier molecular flexibility index (Phi) is 7.14. The van der Waals surface area contributed by atoms with Crippen LogP contribution in [0.1, 0.15) is 11.1 Å². The normalized spacial score (nSPS) is 10.0. The molecule has 128 valence electrons. The van der Waals surface area contributed by atoms with Crippen LogP contribution in [0.4, 0.5) is 0 Å². The van der Waals surface area contributed by atoms with Crippen molar-refractivity contribution in [1.82, 2.24) is 9.97 Å². The maximum Gasteiger partial charge on any atom is 0.0702 e. The van der Waals surface area contributed by atoms with Crippen molar-refractivity contribution >= 4 is 45.8 Å². The van der Waals surface area contributed by atoms with Gasteiger partial charge in [-0.3, -0.25) is 9.97 Å². The summed E-state index contributed by atoms with van der Waals surface area (Å²) in [5.74, 6) is 0.526. The number of para-hydroxylation sites is 2. The Hall–Kier alpha value is -2.20. The van der Waals surface area contributed by atoms with E-state index in [1.54, 1.807) is 6.20 Å². The van der Waals surface area contributed by atoms with Gasteiger partial charge in [0.1, 0.15) is 0 Å². The highest BCUT2D eigenvalue weighted by atomic mass is 35.5. The van der Waals surface area contributed by atoms with Gasteiger partial charge in [0.15, 0.2) is 0 Å². The lowest BCUT2D eigenvalue weighted by Crippen LogP contribution is -1.85. The average Bonchev–Trinajstić information content (AvgIpc) is 2.67. The summed E-state index contributed by atoms with van der Waals surface area (Å²) in [6.45, 7) is 0.0534. The number of hydrogen-bond acceptors (Lipinski definition) is 3. The van der Waals surface area contributed by atoms with Crippen molar-refractivity contribution in [1.29, 1.82) is 0 Å². The van der Waals surface area contributed by atoms with E-state index < -0.39 is 0 Å². The van der Waals surface area contributed by atoms with Crippen molar-refractivity contribution in [3.63, 3.8) is 0 Å². The number of halogens is 2. The van der Waals surface area contributed by atoms with Crippen molar-refractivity contribution in [3.05, 3.63) is 84.2 Å². The van der Waals surface area contributed by atoms with Gasteiger partial charge in [0.2, 0.25) is 0 Å². The molecular formula is C20H18Cl2N2O. The highest BCUT2D eigenvalue weighted by Gasteiger charge is 1.95. The van der Waals surface area contributed by atoms with Crippen molar-refractivity contribution in [2.75, 3.05) is 0 Å². The SMILES string of the molecule is Cl.ClCc1cnc2ccccc2c1.OCc1cnc2ccccc2c1. The third-order valence-corrected chi connectivity index (χ3v) is 3.94. The van der Waals surface area contributed by atoms with Crippen LogP contribution in [-0.2, 0) is 12.5 Å². The van der Waals surface area contributed by atoms with E-state index in [-0.39, 0.29) is 19.0 Å². The number of aliphatic hydroxyl groups excluding tert-OH is 1. The summed E-state index contributed by atoms with van der Waals surface area (Å²) in [6, 6.07) is 19.9. The second-order valence-electron chi connectivity index (χ2n) is 5.36. The van der Waals surface area contributed by atoms with Crippen LogP contribution in [0.15, 0.2) is 73.1 Å². The molecule has 0 fully saturated rings. The molecule has 0 amide bonds. The Bertz CT molecular complexity index is 881. The van der Waals surface area contributed by atoms with Crippen molar-refractivity contribution in [2.45, 2.75) is 12.5 Å². The number of rotatable bonds is 2. The third-order valence-electron chi connectivity index (χ3n) is 3.63. The molecule has 4 rings (SSSR count). The fraction of sp³-hybridized carbons (Fsp3) is 0.100. The fourth-order valence-corrected chi connectivity index (χ4v) is 2.54. The minimum Gasteiger partial charge on any atom is -0.392 e. The Morgan fingerprint density at radius 2 is 1.24 bits per heavy atom. The predicted octanol–water partition coefficient (Wildman–Crippen LogP) is 5.12. The number of alkyl halides is 1. The first-order valence-corrected chi connectivity index (χ1v) is 8.18. The Morgan fingerprint density at radius 3 is 1.76 bits per heavy atom. The maximum atomic E-state index is 8.86. The van der Waals surface area contributed by atoms with Crippen LogP contribution in [0.25, 0.3) is 21.8 Å². The van der Waals surface area contributed by atoms with Crippen LogP contribution in [-0.4, -0.2) is 15.1 Å². The van der Waals surface area contributed by atoms with Crippen LogP contribution in [0.5, 0.6) is 0 Å². The van der Waals surface area contributed by atoms with Crippen LogP contribution in [0.3, 0.4) is 0 Å². The number of aliphatic hydroxyl groups is 1. The van der Waals surface area contributed by atoms with Crippen LogP contribution in [0.2, 0.25) is 0 Å². The first-order valence-electron chi connectivity index (χ1n) is 7.64. The van der Waals surface area contributed by atoms with Gasteiger partial charge in [-0.2, -0.15) is 0 Å². The smallest absolute Gasteiger partial charge is 0.0702 e. The van der Waals surface area contributed by atoms with Crippen LogP contribution in [0, 0.1) is 0 Å². The lowest BCUT2D eigenvalue weighted by atomic mass is 10.2. The molecule has 3 nitrogen and oxygen atoms in total. The van der Waals surface area contributed by atoms with Gasteiger partial charge < -0.3 is 5.11 Å². The van der Waals surface area contributed by atoms with Gasteiger partial charge in [-0.15, -0.1) is 24.0 Å². The summed E-state index contributed by atoms with van der Waals surface area (Å²) in [4.78, 5) is 8.46. The molecule has 0 bridgehead atoms. The zero-order chi connectivity index (χ0) is 16.8. The first kappa shape index (κ1) is 19.1. The summed E-state index contributed by atoms with van der Waals surface area (Å²) in [5, 5.41) is 11.1. The summed E-state index contributed by atoms with van der Waals surface area (Å²) in [5.41, 5.74) is 3.91. The molecule has 0 saturated heterocycles. The Labute approximate surface area is 157 Å². The van der Waals surface area contributed by atoms with Crippen LogP contribution < -0.4 is 0 Å². The van der Waals surface area contributed by atoms with Crippen molar-refractivity contribution in [3.8, 4) is 0 Å². The van der Waals surface area contributed by atoms with E-state index >= 15 is 0 Å². The van der Waals surface area contributed by atoms with Crippen molar-refractivity contribution in [2.24, 2.45) is 0 Å². The molecule has 0 saturated carbocycles.